The van der Waals surface area contributed by atoms with Crippen molar-refractivity contribution in [2.45, 2.75) is 24.6 Å². The predicted molar refractivity (Wildman–Crippen MR) is 80.6 cm³/mol. The Bertz CT molecular complexity index is 614. The van der Waals surface area contributed by atoms with Crippen LogP contribution in [-0.4, -0.2) is 38.0 Å². The van der Waals surface area contributed by atoms with Crippen molar-refractivity contribution in [3.05, 3.63) is 28.0 Å². The fraction of sp³-hybridized carbons (Fsp3) is 0.462. The second-order valence-electron chi connectivity index (χ2n) is 4.70. The number of carboxylic acid groups (broad SMARTS) is 1. The van der Waals surface area contributed by atoms with E-state index in [9.17, 15) is 13.2 Å². The first-order valence-electron chi connectivity index (χ1n) is 6.52. The van der Waals surface area contributed by atoms with E-state index in [1.807, 2.05) is 0 Å². The first kappa shape index (κ1) is 16.2. The minimum atomic E-state index is -3.33. The Hall–Kier alpha value is -1.22. The van der Waals surface area contributed by atoms with Crippen LogP contribution >= 0.6 is 11.3 Å². The molecule has 0 amide bonds. The molecule has 8 heteroatoms. The monoisotopic (exact) mass is 331 g/mol. The Morgan fingerprint density at radius 3 is 2.86 bits per heavy atom. The summed E-state index contributed by atoms with van der Waals surface area (Å²) in [7, 11) is -3.33. The van der Waals surface area contributed by atoms with Gasteiger partial charge in [0.15, 0.2) is 0 Å². The van der Waals surface area contributed by atoms with Crippen LogP contribution in [0.4, 0.5) is 0 Å². The first-order valence-corrected chi connectivity index (χ1v) is 8.94. The number of carboxylic acids is 1. The molecule has 2 heterocycles. The number of hydrogen-bond acceptors (Lipinski definition) is 5. The van der Waals surface area contributed by atoms with E-state index >= 15 is 0 Å². The van der Waals surface area contributed by atoms with Crippen LogP contribution in [0.3, 0.4) is 0 Å². The van der Waals surface area contributed by atoms with Crippen LogP contribution in [-0.2, 0) is 26.1 Å². The molecule has 0 bridgehead atoms. The van der Waals surface area contributed by atoms with Gasteiger partial charge in [-0.25, -0.2) is 17.9 Å². The molecule has 2 N–H and O–H groups in total. The van der Waals surface area contributed by atoms with E-state index in [0.29, 0.717) is 26.1 Å². The molecule has 6 nitrogen and oxygen atoms in total. The summed E-state index contributed by atoms with van der Waals surface area (Å²) in [5.41, 5.74) is 0.752. The number of aliphatic carboxylic acids is 1. The van der Waals surface area contributed by atoms with E-state index in [1.54, 1.807) is 11.4 Å². The predicted octanol–water partition coefficient (Wildman–Crippen LogP) is 1.44. The Labute approximate surface area is 127 Å². The van der Waals surface area contributed by atoms with Gasteiger partial charge in [-0.05, 0) is 35.9 Å². The highest BCUT2D eigenvalue weighted by molar-refractivity contribution is 7.90. The van der Waals surface area contributed by atoms with Crippen LogP contribution in [0, 0.1) is 0 Å². The highest BCUT2D eigenvalue weighted by atomic mass is 32.2. The maximum atomic E-state index is 12.1. The van der Waals surface area contributed by atoms with Crippen molar-refractivity contribution in [1.29, 1.82) is 0 Å². The van der Waals surface area contributed by atoms with E-state index in [-0.39, 0.29) is 6.54 Å². The van der Waals surface area contributed by atoms with E-state index in [2.05, 4.69) is 4.72 Å². The summed E-state index contributed by atoms with van der Waals surface area (Å²) in [5, 5.41) is 9.95. The third kappa shape index (κ3) is 4.92. The van der Waals surface area contributed by atoms with Crippen molar-refractivity contribution in [2.75, 3.05) is 13.2 Å². The maximum absolute atomic E-state index is 12.1. The molecular weight excluding hydrogens is 314 g/mol. The van der Waals surface area contributed by atoms with Gasteiger partial charge < -0.3 is 9.84 Å². The Kier molecular flexibility index (Phi) is 5.51. The minimum absolute atomic E-state index is 0.227. The Morgan fingerprint density at radius 2 is 2.19 bits per heavy atom. The molecule has 1 aromatic heterocycles. The summed E-state index contributed by atoms with van der Waals surface area (Å²) in [5.74, 6) is -1.01. The van der Waals surface area contributed by atoms with Gasteiger partial charge in [0.2, 0.25) is 10.0 Å². The first-order chi connectivity index (χ1) is 9.97. The second kappa shape index (κ2) is 7.17. The molecule has 2 rings (SSSR count). The molecule has 21 heavy (non-hydrogen) atoms. The smallest absolute Gasteiger partial charge is 0.328 e. The standard InChI is InChI=1S/C13H17NO5S2/c15-13(16)2-1-10-7-11(20-9-10)8-14-21(17,18)12-3-5-19-6-4-12/h1-2,7,9,12,14H,3-6,8H2,(H,15,16). The highest BCUT2D eigenvalue weighted by Crippen LogP contribution is 2.18. The Morgan fingerprint density at radius 1 is 1.48 bits per heavy atom. The lowest BCUT2D eigenvalue weighted by atomic mass is 10.2. The van der Waals surface area contributed by atoms with Crippen LogP contribution in [0.2, 0.25) is 0 Å². The molecule has 1 saturated heterocycles. The Balaban J connectivity index is 1.91. The largest absolute Gasteiger partial charge is 0.478 e. The van der Waals surface area contributed by atoms with E-state index in [0.717, 1.165) is 16.5 Å². The lowest BCUT2D eigenvalue weighted by molar-refractivity contribution is -0.131. The van der Waals surface area contributed by atoms with E-state index in [1.165, 1.54) is 17.4 Å². The van der Waals surface area contributed by atoms with Gasteiger partial charge >= 0.3 is 5.97 Å². The van der Waals surface area contributed by atoms with Crippen LogP contribution in [0.1, 0.15) is 23.3 Å². The molecular formula is C13H17NO5S2. The zero-order chi connectivity index (χ0) is 15.3. The molecule has 1 fully saturated rings. The lowest BCUT2D eigenvalue weighted by Crippen LogP contribution is -2.37. The van der Waals surface area contributed by atoms with Crippen LogP contribution in [0.5, 0.6) is 0 Å². The van der Waals surface area contributed by atoms with Gasteiger partial charge in [-0.1, -0.05) is 0 Å². The topological polar surface area (TPSA) is 92.7 Å². The van der Waals surface area contributed by atoms with Gasteiger partial charge in [0.05, 0.1) is 5.25 Å². The third-order valence-corrected chi connectivity index (χ3v) is 6.00. The molecule has 0 aromatic carbocycles. The summed E-state index contributed by atoms with van der Waals surface area (Å²) in [6.07, 6.45) is 3.58. The fourth-order valence-corrected chi connectivity index (χ4v) is 4.31. The van der Waals surface area contributed by atoms with Gasteiger partial charge in [0, 0.05) is 30.7 Å². The highest BCUT2D eigenvalue weighted by Gasteiger charge is 2.27. The van der Waals surface area contributed by atoms with Crippen molar-refractivity contribution in [3.8, 4) is 0 Å². The molecule has 0 unspecified atom stereocenters. The molecule has 0 saturated carbocycles. The molecule has 1 aliphatic heterocycles. The van der Waals surface area contributed by atoms with Crippen molar-refractivity contribution < 1.29 is 23.1 Å². The summed E-state index contributed by atoms with van der Waals surface area (Å²) < 4.78 is 32.0. The van der Waals surface area contributed by atoms with E-state index in [4.69, 9.17) is 9.84 Å². The maximum Gasteiger partial charge on any atom is 0.328 e. The summed E-state index contributed by atoms with van der Waals surface area (Å²) in [6.45, 7) is 1.19. The van der Waals surface area contributed by atoms with Crippen LogP contribution in [0.25, 0.3) is 6.08 Å². The molecule has 1 aromatic rings. The van der Waals surface area contributed by atoms with Crippen molar-refractivity contribution in [3.63, 3.8) is 0 Å². The molecule has 0 aliphatic carbocycles. The third-order valence-electron chi connectivity index (χ3n) is 3.15. The van der Waals surface area contributed by atoms with Crippen molar-refractivity contribution in [1.82, 2.24) is 4.72 Å². The minimum Gasteiger partial charge on any atom is -0.478 e. The number of carbonyl (C=O) groups is 1. The number of rotatable bonds is 6. The fourth-order valence-electron chi connectivity index (χ4n) is 2.02. The van der Waals surface area contributed by atoms with Gasteiger partial charge in [0.25, 0.3) is 0 Å². The molecule has 1 aliphatic rings. The SMILES string of the molecule is O=C(O)C=Cc1csc(CNS(=O)(=O)C2CCOCC2)c1. The summed E-state index contributed by atoms with van der Waals surface area (Å²) in [6, 6.07) is 1.77. The van der Waals surface area contributed by atoms with Crippen molar-refractivity contribution >= 4 is 33.4 Å². The quantitative estimate of drug-likeness (QED) is 0.770. The normalized spacial score (nSPS) is 17.3. The summed E-state index contributed by atoms with van der Waals surface area (Å²) >= 11 is 1.39. The van der Waals surface area contributed by atoms with Gasteiger partial charge in [0.1, 0.15) is 0 Å². The van der Waals surface area contributed by atoms with Crippen LogP contribution < -0.4 is 4.72 Å². The van der Waals surface area contributed by atoms with Crippen LogP contribution in [0.15, 0.2) is 17.5 Å². The molecule has 0 atom stereocenters. The zero-order valence-corrected chi connectivity index (χ0v) is 13.0. The number of hydrogen-bond donors (Lipinski definition) is 2. The number of sulfonamides is 1. The average Bonchev–Trinajstić information content (AvgIpc) is 2.92. The zero-order valence-electron chi connectivity index (χ0n) is 11.3. The molecule has 0 radical (unpaired) electrons. The van der Waals surface area contributed by atoms with Gasteiger partial charge in [-0.3, -0.25) is 0 Å². The van der Waals surface area contributed by atoms with Crippen molar-refractivity contribution in [2.24, 2.45) is 0 Å². The van der Waals surface area contributed by atoms with E-state index < -0.39 is 21.2 Å². The summed E-state index contributed by atoms with van der Waals surface area (Å²) in [4.78, 5) is 11.3. The number of thiophene rings is 1. The molecule has 116 valence electrons. The lowest BCUT2D eigenvalue weighted by Gasteiger charge is -2.22. The van der Waals surface area contributed by atoms with Gasteiger partial charge in [-0.15, -0.1) is 11.3 Å². The average molecular weight is 331 g/mol. The number of nitrogens with one attached hydrogen (secondary N) is 1. The second-order valence-corrected chi connectivity index (χ2v) is 7.74. The van der Waals surface area contributed by atoms with Gasteiger partial charge in [-0.2, -0.15) is 0 Å². The molecule has 0 spiro atoms. The number of ether oxygens (including phenoxy) is 1.